The number of hydrogen-bond donors (Lipinski definition) is 4. The Morgan fingerprint density at radius 3 is 2.50 bits per heavy atom. The van der Waals surface area contributed by atoms with Gasteiger partial charge < -0.3 is 20.3 Å². The maximum atomic E-state index is 11.8. The van der Waals surface area contributed by atoms with Gasteiger partial charge in [-0.3, -0.25) is 9.59 Å². The molecule has 134 valence electrons. The SMILES string of the molecule is COc1ccc(/C=N\NC(=O)C(=O)Nc2ccccc2C(=O)O)cc1O. The van der Waals surface area contributed by atoms with Crippen LogP contribution < -0.4 is 15.5 Å². The van der Waals surface area contributed by atoms with Crippen LogP contribution in [-0.2, 0) is 9.59 Å². The van der Waals surface area contributed by atoms with Crippen LogP contribution in [-0.4, -0.2) is 41.3 Å². The maximum Gasteiger partial charge on any atom is 0.337 e. The van der Waals surface area contributed by atoms with Gasteiger partial charge in [-0.1, -0.05) is 12.1 Å². The van der Waals surface area contributed by atoms with Gasteiger partial charge in [0, 0.05) is 0 Å². The van der Waals surface area contributed by atoms with Gasteiger partial charge >= 0.3 is 17.8 Å². The van der Waals surface area contributed by atoms with Crippen molar-refractivity contribution in [1.29, 1.82) is 0 Å². The Morgan fingerprint density at radius 2 is 1.85 bits per heavy atom. The van der Waals surface area contributed by atoms with E-state index in [0.717, 1.165) is 0 Å². The number of amides is 2. The van der Waals surface area contributed by atoms with Crippen molar-refractivity contribution in [2.75, 3.05) is 12.4 Å². The number of anilines is 1. The van der Waals surface area contributed by atoms with Crippen LogP contribution in [0.2, 0.25) is 0 Å². The first kappa shape index (κ1) is 18.5. The van der Waals surface area contributed by atoms with E-state index in [9.17, 15) is 19.5 Å². The van der Waals surface area contributed by atoms with Crippen LogP contribution in [0.3, 0.4) is 0 Å². The van der Waals surface area contributed by atoms with E-state index in [2.05, 4.69) is 10.4 Å². The Morgan fingerprint density at radius 1 is 1.12 bits per heavy atom. The molecule has 0 aromatic heterocycles. The smallest absolute Gasteiger partial charge is 0.337 e. The summed E-state index contributed by atoms with van der Waals surface area (Å²) in [6.45, 7) is 0. The average Bonchev–Trinajstić information content (AvgIpc) is 2.62. The summed E-state index contributed by atoms with van der Waals surface area (Å²) in [5.41, 5.74) is 2.31. The fraction of sp³-hybridized carbons (Fsp3) is 0.0588. The number of phenolic OH excluding ortho intramolecular Hbond substituents is 1. The second-order valence-electron chi connectivity index (χ2n) is 4.94. The third-order valence-corrected chi connectivity index (χ3v) is 3.19. The summed E-state index contributed by atoms with van der Waals surface area (Å²) >= 11 is 0. The number of phenols is 1. The number of benzene rings is 2. The van der Waals surface area contributed by atoms with Gasteiger partial charge in [-0.25, -0.2) is 10.2 Å². The van der Waals surface area contributed by atoms with Gasteiger partial charge in [-0.15, -0.1) is 0 Å². The molecule has 9 heteroatoms. The molecule has 2 aromatic carbocycles. The first-order valence-electron chi connectivity index (χ1n) is 7.26. The minimum atomic E-state index is -1.24. The first-order chi connectivity index (χ1) is 12.4. The largest absolute Gasteiger partial charge is 0.504 e. The zero-order valence-electron chi connectivity index (χ0n) is 13.6. The molecule has 0 aliphatic heterocycles. The van der Waals surface area contributed by atoms with E-state index >= 15 is 0 Å². The lowest BCUT2D eigenvalue weighted by Gasteiger charge is -2.07. The summed E-state index contributed by atoms with van der Waals surface area (Å²) in [7, 11) is 1.41. The van der Waals surface area contributed by atoms with Gasteiger partial charge in [0.1, 0.15) is 0 Å². The molecule has 4 N–H and O–H groups in total. The van der Waals surface area contributed by atoms with Crippen molar-refractivity contribution in [1.82, 2.24) is 5.43 Å². The molecule has 0 spiro atoms. The zero-order chi connectivity index (χ0) is 19.1. The molecular formula is C17H15N3O6. The number of carboxylic acid groups (broad SMARTS) is 1. The van der Waals surface area contributed by atoms with Crippen LogP contribution in [0.15, 0.2) is 47.6 Å². The molecule has 0 fully saturated rings. The van der Waals surface area contributed by atoms with E-state index in [1.807, 2.05) is 5.43 Å². The van der Waals surface area contributed by atoms with E-state index in [-0.39, 0.29) is 22.7 Å². The number of ether oxygens (including phenoxy) is 1. The lowest BCUT2D eigenvalue weighted by Crippen LogP contribution is -2.32. The number of hydrogen-bond acceptors (Lipinski definition) is 6. The van der Waals surface area contributed by atoms with Crippen LogP contribution >= 0.6 is 0 Å². The summed E-state index contributed by atoms with van der Waals surface area (Å²) in [4.78, 5) is 34.6. The van der Waals surface area contributed by atoms with Crippen LogP contribution in [0, 0.1) is 0 Å². The normalized spacial score (nSPS) is 10.3. The third kappa shape index (κ3) is 4.57. The second kappa shape index (κ2) is 8.29. The molecule has 0 saturated heterocycles. The highest BCUT2D eigenvalue weighted by atomic mass is 16.5. The Labute approximate surface area is 147 Å². The minimum absolute atomic E-state index is 0.00999. The van der Waals surface area contributed by atoms with Gasteiger partial charge in [0.15, 0.2) is 11.5 Å². The molecule has 9 nitrogen and oxygen atoms in total. The van der Waals surface area contributed by atoms with Crippen molar-refractivity contribution in [3.8, 4) is 11.5 Å². The average molecular weight is 357 g/mol. The van der Waals surface area contributed by atoms with Crippen molar-refractivity contribution < 1.29 is 29.3 Å². The Bertz CT molecular complexity index is 879. The fourth-order valence-corrected chi connectivity index (χ4v) is 1.96. The Hall–Kier alpha value is -3.88. The number of carbonyl (C=O) groups is 3. The molecule has 2 aromatic rings. The van der Waals surface area contributed by atoms with Crippen LogP contribution in [0.5, 0.6) is 11.5 Å². The second-order valence-corrected chi connectivity index (χ2v) is 4.94. The first-order valence-corrected chi connectivity index (χ1v) is 7.26. The molecule has 0 aliphatic carbocycles. The van der Waals surface area contributed by atoms with Crippen molar-refractivity contribution in [2.45, 2.75) is 0 Å². The maximum absolute atomic E-state index is 11.8. The van der Waals surface area contributed by atoms with Crippen molar-refractivity contribution in [2.24, 2.45) is 5.10 Å². The summed E-state index contributed by atoms with van der Waals surface area (Å²) in [5.74, 6) is -3.22. The highest BCUT2D eigenvalue weighted by Crippen LogP contribution is 2.25. The Kier molecular flexibility index (Phi) is 5.88. The number of carbonyl (C=O) groups excluding carboxylic acids is 2. The molecule has 0 radical (unpaired) electrons. The van der Waals surface area contributed by atoms with E-state index in [1.165, 1.54) is 49.7 Å². The predicted octanol–water partition coefficient (Wildman–Crippen LogP) is 1.19. The van der Waals surface area contributed by atoms with Crippen LogP contribution in [0.4, 0.5) is 5.69 Å². The molecule has 0 unspecified atom stereocenters. The summed E-state index contributed by atoms with van der Waals surface area (Å²) in [6.07, 6.45) is 1.22. The van der Waals surface area contributed by atoms with E-state index in [4.69, 9.17) is 9.84 Å². The lowest BCUT2D eigenvalue weighted by molar-refractivity contribution is -0.136. The fourth-order valence-electron chi connectivity index (χ4n) is 1.96. The predicted molar refractivity (Wildman–Crippen MR) is 92.4 cm³/mol. The lowest BCUT2D eigenvalue weighted by atomic mass is 10.2. The highest BCUT2D eigenvalue weighted by Gasteiger charge is 2.16. The zero-order valence-corrected chi connectivity index (χ0v) is 13.6. The number of aromatic hydroxyl groups is 1. The Balaban J connectivity index is 1.98. The van der Waals surface area contributed by atoms with E-state index in [1.54, 1.807) is 6.07 Å². The quantitative estimate of drug-likeness (QED) is 0.360. The van der Waals surface area contributed by atoms with Crippen LogP contribution in [0.25, 0.3) is 0 Å². The third-order valence-electron chi connectivity index (χ3n) is 3.19. The minimum Gasteiger partial charge on any atom is -0.504 e. The number of nitrogens with zero attached hydrogens (tertiary/aromatic N) is 1. The molecule has 0 saturated carbocycles. The van der Waals surface area contributed by atoms with Crippen molar-refractivity contribution in [3.63, 3.8) is 0 Å². The molecule has 0 bridgehead atoms. The van der Waals surface area contributed by atoms with Gasteiger partial charge in [0.2, 0.25) is 0 Å². The molecule has 0 atom stereocenters. The van der Waals surface area contributed by atoms with Gasteiger partial charge in [-0.2, -0.15) is 5.10 Å². The molecule has 2 amide bonds. The van der Waals surface area contributed by atoms with Gasteiger partial charge in [0.25, 0.3) is 0 Å². The van der Waals surface area contributed by atoms with Crippen molar-refractivity contribution in [3.05, 3.63) is 53.6 Å². The van der Waals surface area contributed by atoms with Gasteiger partial charge in [0.05, 0.1) is 24.6 Å². The topological polar surface area (TPSA) is 137 Å². The highest BCUT2D eigenvalue weighted by molar-refractivity contribution is 6.39. The number of carboxylic acids is 1. The standard InChI is InChI=1S/C17H15N3O6/c1-26-14-7-6-10(8-13(14)21)9-18-20-16(23)15(22)19-12-5-3-2-4-11(12)17(24)25/h2-9,21H,1H3,(H,19,22)(H,20,23)(H,24,25)/b18-9-. The molecule has 0 heterocycles. The van der Waals surface area contributed by atoms with Crippen molar-refractivity contribution >= 4 is 29.7 Å². The molecule has 0 aliphatic rings. The summed E-state index contributed by atoms with van der Waals surface area (Å²) in [5, 5.41) is 24.5. The number of methoxy groups -OCH3 is 1. The molecule has 26 heavy (non-hydrogen) atoms. The number of rotatable bonds is 5. The summed E-state index contributed by atoms with van der Waals surface area (Å²) in [6, 6.07) is 10.1. The van der Waals surface area contributed by atoms with Gasteiger partial charge in [-0.05, 0) is 35.9 Å². The number of para-hydroxylation sites is 1. The number of hydrazone groups is 1. The summed E-state index contributed by atoms with van der Waals surface area (Å²) < 4.78 is 4.90. The monoisotopic (exact) mass is 357 g/mol. The van der Waals surface area contributed by atoms with E-state index in [0.29, 0.717) is 5.56 Å². The number of aromatic carboxylic acids is 1. The molecule has 2 rings (SSSR count). The van der Waals surface area contributed by atoms with Crippen LogP contribution in [0.1, 0.15) is 15.9 Å². The van der Waals surface area contributed by atoms with E-state index < -0.39 is 17.8 Å². The number of nitrogens with one attached hydrogen (secondary N) is 2. The molecular weight excluding hydrogens is 342 g/mol.